The molecular formula is C9H13NO2. The van der Waals surface area contributed by atoms with E-state index in [1.165, 1.54) is 0 Å². The molecule has 1 saturated carbocycles. The van der Waals surface area contributed by atoms with E-state index in [2.05, 4.69) is 12.2 Å². The Hall–Kier alpha value is -0.860. The number of hydrogen-bond acceptors (Lipinski definition) is 2. The summed E-state index contributed by atoms with van der Waals surface area (Å²) in [5.41, 5.74) is 0. The SMILES string of the molecule is CC1CCC2C(=O)NC(=O)C2C1. The van der Waals surface area contributed by atoms with E-state index in [0.717, 1.165) is 19.3 Å². The van der Waals surface area contributed by atoms with Crippen LogP contribution >= 0.6 is 0 Å². The minimum Gasteiger partial charge on any atom is -0.296 e. The van der Waals surface area contributed by atoms with Gasteiger partial charge in [-0.3, -0.25) is 14.9 Å². The fraction of sp³-hybridized carbons (Fsp3) is 0.778. The quantitative estimate of drug-likeness (QED) is 0.540. The maximum absolute atomic E-state index is 11.2. The van der Waals surface area contributed by atoms with Gasteiger partial charge in [0, 0.05) is 5.92 Å². The zero-order valence-corrected chi connectivity index (χ0v) is 7.17. The van der Waals surface area contributed by atoms with Crippen LogP contribution in [0, 0.1) is 17.8 Å². The van der Waals surface area contributed by atoms with Gasteiger partial charge in [0.05, 0.1) is 5.92 Å². The highest BCUT2D eigenvalue weighted by molar-refractivity contribution is 6.05. The molecule has 0 aromatic carbocycles. The van der Waals surface area contributed by atoms with Crippen LogP contribution in [0.15, 0.2) is 0 Å². The van der Waals surface area contributed by atoms with Crippen LogP contribution in [0.3, 0.4) is 0 Å². The number of fused-ring (bicyclic) bond motifs is 1. The number of carbonyl (C=O) groups is 2. The number of nitrogens with one attached hydrogen (secondary N) is 1. The topological polar surface area (TPSA) is 46.2 Å². The van der Waals surface area contributed by atoms with Gasteiger partial charge < -0.3 is 0 Å². The molecule has 0 aromatic heterocycles. The van der Waals surface area contributed by atoms with Gasteiger partial charge in [0.1, 0.15) is 0 Å². The third kappa shape index (κ3) is 1.04. The number of amides is 2. The molecule has 0 aromatic rings. The van der Waals surface area contributed by atoms with Crippen molar-refractivity contribution in [3.05, 3.63) is 0 Å². The number of rotatable bonds is 0. The van der Waals surface area contributed by atoms with Gasteiger partial charge in [0.15, 0.2) is 0 Å². The number of carbonyl (C=O) groups excluding carboxylic acids is 2. The van der Waals surface area contributed by atoms with Crippen LogP contribution < -0.4 is 5.32 Å². The van der Waals surface area contributed by atoms with Gasteiger partial charge in [-0.25, -0.2) is 0 Å². The van der Waals surface area contributed by atoms with Gasteiger partial charge in [-0.1, -0.05) is 6.92 Å². The van der Waals surface area contributed by atoms with Crippen LogP contribution in [0.1, 0.15) is 26.2 Å². The molecule has 0 bridgehead atoms. The molecule has 2 aliphatic rings. The van der Waals surface area contributed by atoms with E-state index in [1.807, 2.05) is 0 Å². The predicted molar refractivity (Wildman–Crippen MR) is 43.1 cm³/mol. The molecule has 0 radical (unpaired) electrons. The standard InChI is InChI=1S/C9H13NO2/c1-5-2-3-6-7(4-5)9(12)10-8(6)11/h5-7H,2-4H2,1H3,(H,10,11,12). The van der Waals surface area contributed by atoms with Crippen LogP contribution in [-0.4, -0.2) is 11.8 Å². The fourth-order valence-electron chi connectivity index (χ4n) is 2.29. The first-order chi connectivity index (χ1) is 5.68. The summed E-state index contributed by atoms with van der Waals surface area (Å²) >= 11 is 0. The molecular weight excluding hydrogens is 154 g/mol. The van der Waals surface area contributed by atoms with Gasteiger partial charge in [-0.2, -0.15) is 0 Å². The first-order valence-corrected chi connectivity index (χ1v) is 4.53. The summed E-state index contributed by atoms with van der Waals surface area (Å²) in [6.07, 6.45) is 2.87. The molecule has 3 nitrogen and oxygen atoms in total. The summed E-state index contributed by atoms with van der Waals surface area (Å²) in [5, 5.41) is 2.40. The van der Waals surface area contributed by atoms with E-state index in [1.54, 1.807) is 0 Å². The lowest BCUT2D eigenvalue weighted by atomic mass is 9.76. The maximum Gasteiger partial charge on any atom is 0.230 e. The first-order valence-electron chi connectivity index (χ1n) is 4.53. The normalized spacial score (nSPS) is 40.9. The average Bonchev–Trinajstić information content (AvgIpc) is 2.28. The number of imide groups is 1. The zero-order valence-electron chi connectivity index (χ0n) is 7.17. The van der Waals surface area contributed by atoms with Gasteiger partial charge >= 0.3 is 0 Å². The zero-order chi connectivity index (χ0) is 8.72. The molecule has 1 N–H and O–H groups in total. The van der Waals surface area contributed by atoms with Gasteiger partial charge in [0.2, 0.25) is 11.8 Å². The smallest absolute Gasteiger partial charge is 0.230 e. The molecule has 1 saturated heterocycles. The van der Waals surface area contributed by atoms with Crippen molar-refractivity contribution in [3.63, 3.8) is 0 Å². The van der Waals surface area contributed by atoms with E-state index in [9.17, 15) is 9.59 Å². The van der Waals surface area contributed by atoms with Gasteiger partial charge in [0.25, 0.3) is 0 Å². The van der Waals surface area contributed by atoms with Crippen molar-refractivity contribution in [1.29, 1.82) is 0 Å². The molecule has 2 amide bonds. The van der Waals surface area contributed by atoms with Crippen LogP contribution in [0.4, 0.5) is 0 Å². The van der Waals surface area contributed by atoms with Crippen molar-refractivity contribution >= 4 is 11.8 Å². The van der Waals surface area contributed by atoms with Crippen LogP contribution in [-0.2, 0) is 9.59 Å². The third-order valence-corrected chi connectivity index (χ3v) is 3.03. The highest BCUT2D eigenvalue weighted by atomic mass is 16.2. The summed E-state index contributed by atoms with van der Waals surface area (Å²) in [5.74, 6) is 0.492. The van der Waals surface area contributed by atoms with Gasteiger partial charge in [-0.15, -0.1) is 0 Å². The van der Waals surface area contributed by atoms with Crippen molar-refractivity contribution in [3.8, 4) is 0 Å². The second-order valence-electron chi connectivity index (χ2n) is 3.98. The Morgan fingerprint density at radius 2 is 1.83 bits per heavy atom. The summed E-state index contributed by atoms with van der Waals surface area (Å²) in [7, 11) is 0. The van der Waals surface area contributed by atoms with Crippen molar-refractivity contribution in [2.24, 2.45) is 17.8 Å². The summed E-state index contributed by atoms with van der Waals surface area (Å²) in [4.78, 5) is 22.4. The second kappa shape index (κ2) is 2.57. The molecule has 66 valence electrons. The maximum atomic E-state index is 11.2. The monoisotopic (exact) mass is 167 g/mol. The Kier molecular flexibility index (Phi) is 1.67. The summed E-state index contributed by atoms with van der Waals surface area (Å²) in [6.45, 7) is 2.15. The lowest BCUT2D eigenvalue weighted by molar-refractivity contribution is -0.126. The second-order valence-corrected chi connectivity index (χ2v) is 3.98. The third-order valence-electron chi connectivity index (χ3n) is 3.03. The van der Waals surface area contributed by atoms with Gasteiger partial charge in [-0.05, 0) is 25.2 Å². The number of hydrogen-bond donors (Lipinski definition) is 1. The Bertz CT molecular complexity index is 237. The van der Waals surface area contributed by atoms with Crippen molar-refractivity contribution in [2.75, 3.05) is 0 Å². The fourth-order valence-corrected chi connectivity index (χ4v) is 2.29. The Morgan fingerprint density at radius 1 is 1.17 bits per heavy atom. The predicted octanol–water partition coefficient (Wildman–Crippen LogP) is 0.695. The lowest BCUT2D eigenvalue weighted by Crippen LogP contribution is -2.25. The molecule has 3 unspecified atom stereocenters. The van der Waals surface area contributed by atoms with E-state index >= 15 is 0 Å². The van der Waals surface area contributed by atoms with Crippen LogP contribution in [0.25, 0.3) is 0 Å². The Labute approximate surface area is 71.5 Å². The molecule has 1 aliphatic carbocycles. The summed E-state index contributed by atoms with van der Waals surface area (Å²) < 4.78 is 0. The van der Waals surface area contributed by atoms with E-state index in [4.69, 9.17) is 0 Å². The van der Waals surface area contributed by atoms with E-state index in [-0.39, 0.29) is 23.7 Å². The van der Waals surface area contributed by atoms with E-state index < -0.39 is 0 Å². The molecule has 3 atom stereocenters. The highest BCUT2D eigenvalue weighted by Crippen LogP contribution is 2.36. The molecule has 1 heterocycles. The summed E-state index contributed by atoms with van der Waals surface area (Å²) in [6, 6.07) is 0. The molecule has 0 spiro atoms. The Morgan fingerprint density at radius 3 is 2.58 bits per heavy atom. The molecule has 2 rings (SSSR count). The first kappa shape index (κ1) is 7.77. The molecule has 12 heavy (non-hydrogen) atoms. The van der Waals surface area contributed by atoms with Crippen LogP contribution in [0.5, 0.6) is 0 Å². The lowest BCUT2D eigenvalue weighted by Gasteiger charge is -2.25. The minimum absolute atomic E-state index is 0.00583. The molecule has 3 heteroatoms. The Balaban J connectivity index is 2.17. The van der Waals surface area contributed by atoms with E-state index in [0.29, 0.717) is 5.92 Å². The molecule has 2 fully saturated rings. The minimum atomic E-state index is -0.0449. The van der Waals surface area contributed by atoms with Crippen molar-refractivity contribution < 1.29 is 9.59 Å². The highest BCUT2D eigenvalue weighted by Gasteiger charge is 2.44. The average molecular weight is 167 g/mol. The van der Waals surface area contributed by atoms with Crippen molar-refractivity contribution in [1.82, 2.24) is 5.32 Å². The van der Waals surface area contributed by atoms with Crippen LogP contribution in [0.2, 0.25) is 0 Å². The van der Waals surface area contributed by atoms with Crippen molar-refractivity contribution in [2.45, 2.75) is 26.2 Å². The largest absolute Gasteiger partial charge is 0.296 e. The molecule has 1 aliphatic heterocycles.